The predicted octanol–water partition coefficient (Wildman–Crippen LogP) is 1.38. The topological polar surface area (TPSA) is 55.1 Å². The molecule has 1 rings (SSSR count). The second-order valence-corrected chi connectivity index (χ2v) is 3.88. The van der Waals surface area contributed by atoms with Gasteiger partial charge in [0.25, 0.3) is 0 Å². The molecule has 0 spiro atoms. The average molecular weight is 218 g/mol. The molecule has 0 atom stereocenters. The lowest BCUT2D eigenvalue weighted by Crippen LogP contribution is -2.27. The Hall–Kier alpha value is -1.61. The van der Waals surface area contributed by atoms with Crippen LogP contribution < -0.4 is 11.1 Å². The first-order valence-corrected chi connectivity index (χ1v) is 5.31. The summed E-state index contributed by atoms with van der Waals surface area (Å²) in [6, 6.07) is 7.72. The molecule has 86 valence electrons. The molecule has 0 aromatic heterocycles. The van der Waals surface area contributed by atoms with E-state index >= 15 is 0 Å². The summed E-state index contributed by atoms with van der Waals surface area (Å²) in [5.74, 6) is 0.00361. The van der Waals surface area contributed by atoms with Crippen LogP contribution in [0.5, 0.6) is 0 Å². The van der Waals surface area contributed by atoms with Crippen molar-refractivity contribution in [3.8, 4) is 0 Å². The lowest BCUT2D eigenvalue weighted by Gasteiger charge is -2.08. The minimum absolute atomic E-state index is 0.00361. The van der Waals surface area contributed by atoms with Crippen molar-refractivity contribution in [3.63, 3.8) is 0 Å². The van der Waals surface area contributed by atoms with Crippen molar-refractivity contribution in [1.29, 1.82) is 0 Å². The fourth-order valence-corrected chi connectivity index (χ4v) is 1.41. The highest BCUT2D eigenvalue weighted by Gasteiger charge is 2.05. The predicted molar refractivity (Wildman–Crippen MR) is 65.9 cm³/mol. The van der Waals surface area contributed by atoms with Crippen LogP contribution in [0.15, 0.2) is 36.4 Å². The van der Waals surface area contributed by atoms with E-state index in [0.717, 1.165) is 16.7 Å². The number of hydrogen-bond acceptors (Lipinski definition) is 2. The molecule has 0 aliphatic carbocycles. The zero-order chi connectivity index (χ0) is 12.0. The Kier molecular flexibility index (Phi) is 4.73. The standard InChI is InChI=1S/C13H18N2O/c1-10(2)9-15-13(16)7-11-5-3-4-6-12(11)8-14/h3-6H,1,7-9,14H2,2H3,(H,15,16). The highest BCUT2D eigenvalue weighted by Crippen LogP contribution is 2.08. The van der Waals surface area contributed by atoms with Crippen LogP contribution in [0.25, 0.3) is 0 Å². The summed E-state index contributed by atoms with van der Waals surface area (Å²) in [6.45, 7) is 6.61. The van der Waals surface area contributed by atoms with Gasteiger partial charge in [-0.1, -0.05) is 36.4 Å². The molecule has 16 heavy (non-hydrogen) atoms. The van der Waals surface area contributed by atoms with Crippen LogP contribution in [0.4, 0.5) is 0 Å². The molecule has 0 heterocycles. The van der Waals surface area contributed by atoms with E-state index in [1.54, 1.807) is 0 Å². The number of amides is 1. The molecule has 0 aliphatic heterocycles. The average Bonchev–Trinajstić information content (AvgIpc) is 2.27. The molecule has 1 aromatic rings. The monoisotopic (exact) mass is 218 g/mol. The molecule has 1 amide bonds. The summed E-state index contributed by atoms with van der Waals surface area (Å²) in [7, 11) is 0. The van der Waals surface area contributed by atoms with Crippen molar-refractivity contribution in [3.05, 3.63) is 47.5 Å². The van der Waals surface area contributed by atoms with Gasteiger partial charge in [0.15, 0.2) is 0 Å². The van der Waals surface area contributed by atoms with Crippen molar-refractivity contribution in [2.24, 2.45) is 5.73 Å². The van der Waals surface area contributed by atoms with Crippen LogP contribution >= 0.6 is 0 Å². The summed E-state index contributed by atoms with van der Waals surface area (Å²) in [5.41, 5.74) is 8.56. The van der Waals surface area contributed by atoms with Gasteiger partial charge in [0.2, 0.25) is 5.91 Å². The van der Waals surface area contributed by atoms with E-state index < -0.39 is 0 Å². The van der Waals surface area contributed by atoms with Gasteiger partial charge in [0.05, 0.1) is 6.42 Å². The highest BCUT2D eigenvalue weighted by atomic mass is 16.1. The Morgan fingerprint density at radius 1 is 1.38 bits per heavy atom. The first-order chi connectivity index (χ1) is 7.63. The first-order valence-electron chi connectivity index (χ1n) is 5.31. The summed E-state index contributed by atoms with van der Waals surface area (Å²) < 4.78 is 0. The van der Waals surface area contributed by atoms with E-state index in [0.29, 0.717) is 19.5 Å². The maximum atomic E-state index is 11.6. The zero-order valence-corrected chi connectivity index (χ0v) is 9.62. The van der Waals surface area contributed by atoms with Crippen LogP contribution in [-0.2, 0) is 17.8 Å². The van der Waals surface area contributed by atoms with Crippen LogP contribution in [-0.4, -0.2) is 12.5 Å². The molecular formula is C13H18N2O. The molecule has 0 fully saturated rings. The van der Waals surface area contributed by atoms with Gasteiger partial charge in [-0.25, -0.2) is 0 Å². The van der Waals surface area contributed by atoms with E-state index in [1.165, 1.54) is 0 Å². The van der Waals surface area contributed by atoms with Gasteiger partial charge >= 0.3 is 0 Å². The number of nitrogens with one attached hydrogen (secondary N) is 1. The fourth-order valence-electron chi connectivity index (χ4n) is 1.41. The molecule has 0 bridgehead atoms. The van der Waals surface area contributed by atoms with Gasteiger partial charge in [-0.15, -0.1) is 0 Å². The molecule has 0 radical (unpaired) electrons. The third-order valence-corrected chi connectivity index (χ3v) is 2.28. The first kappa shape index (κ1) is 12.5. The van der Waals surface area contributed by atoms with Gasteiger partial charge in [0, 0.05) is 13.1 Å². The molecule has 0 saturated heterocycles. The van der Waals surface area contributed by atoms with E-state index in [-0.39, 0.29) is 5.91 Å². The van der Waals surface area contributed by atoms with Gasteiger partial charge in [-0.3, -0.25) is 4.79 Å². The second-order valence-electron chi connectivity index (χ2n) is 3.88. The zero-order valence-electron chi connectivity index (χ0n) is 9.62. The number of rotatable bonds is 5. The van der Waals surface area contributed by atoms with E-state index in [2.05, 4.69) is 11.9 Å². The number of nitrogens with two attached hydrogens (primary N) is 1. The van der Waals surface area contributed by atoms with E-state index in [4.69, 9.17) is 5.73 Å². The van der Waals surface area contributed by atoms with Gasteiger partial charge in [-0.05, 0) is 18.1 Å². The molecular weight excluding hydrogens is 200 g/mol. The number of benzene rings is 1. The third kappa shape index (κ3) is 3.87. The van der Waals surface area contributed by atoms with E-state index in [9.17, 15) is 4.79 Å². The third-order valence-electron chi connectivity index (χ3n) is 2.28. The maximum Gasteiger partial charge on any atom is 0.224 e. The van der Waals surface area contributed by atoms with Crippen LogP contribution in [0.2, 0.25) is 0 Å². The molecule has 0 unspecified atom stereocenters. The van der Waals surface area contributed by atoms with Crippen molar-refractivity contribution in [2.75, 3.05) is 6.54 Å². The Labute approximate surface area is 96.3 Å². The van der Waals surface area contributed by atoms with E-state index in [1.807, 2.05) is 31.2 Å². The lowest BCUT2D eigenvalue weighted by atomic mass is 10.0. The normalized spacial score (nSPS) is 9.88. The smallest absolute Gasteiger partial charge is 0.224 e. The summed E-state index contributed by atoms with van der Waals surface area (Å²) in [4.78, 5) is 11.6. The number of hydrogen-bond donors (Lipinski definition) is 2. The SMILES string of the molecule is C=C(C)CNC(=O)Cc1ccccc1CN. The summed E-state index contributed by atoms with van der Waals surface area (Å²) in [5, 5.41) is 2.80. The minimum Gasteiger partial charge on any atom is -0.352 e. The second kappa shape index (κ2) is 6.08. The summed E-state index contributed by atoms with van der Waals surface area (Å²) >= 11 is 0. The minimum atomic E-state index is 0.00361. The van der Waals surface area contributed by atoms with Crippen molar-refractivity contribution < 1.29 is 4.79 Å². The Balaban J connectivity index is 2.58. The molecule has 0 saturated carbocycles. The lowest BCUT2D eigenvalue weighted by molar-refractivity contribution is -0.120. The van der Waals surface area contributed by atoms with Crippen LogP contribution in [0.1, 0.15) is 18.1 Å². The van der Waals surface area contributed by atoms with Gasteiger partial charge in [0.1, 0.15) is 0 Å². The Bertz CT molecular complexity index is 385. The summed E-state index contributed by atoms with van der Waals surface area (Å²) in [6.07, 6.45) is 0.376. The molecule has 1 aromatic carbocycles. The number of carbonyl (C=O) groups is 1. The van der Waals surface area contributed by atoms with Crippen molar-refractivity contribution in [1.82, 2.24) is 5.32 Å². The number of carbonyl (C=O) groups excluding carboxylic acids is 1. The Morgan fingerprint density at radius 3 is 2.56 bits per heavy atom. The molecule has 3 heteroatoms. The largest absolute Gasteiger partial charge is 0.352 e. The maximum absolute atomic E-state index is 11.6. The van der Waals surface area contributed by atoms with Gasteiger partial charge in [-0.2, -0.15) is 0 Å². The molecule has 3 nitrogen and oxygen atoms in total. The van der Waals surface area contributed by atoms with Crippen molar-refractivity contribution >= 4 is 5.91 Å². The van der Waals surface area contributed by atoms with Crippen LogP contribution in [0, 0.1) is 0 Å². The molecule has 3 N–H and O–H groups in total. The highest BCUT2D eigenvalue weighted by molar-refractivity contribution is 5.79. The van der Waals surface area contributed by atoms with Crippen molar-refractivity contribution in [2.45, 2.75) is 19.9 Å². The quantitative estimate of drug-likeness (QED) is 0.734. The van der Waals surface area contributed by atoms with Gasteiger partial charge < -0.3 is 11.1 Å². The fraction of sp³-hybridized carbons (Fsp3) is 0.308. The molecule has 0 aliphatic rings. The van der Waals surface area contributed by atoms with Crippen LogP contribution in [0.3, 0.4) is 0 Å². The Morgan fingerprint density at radius 2 is 2.00 bits per heavy atom.